The molecule has 4 nitrogen and oxygen atoms in total. The van der Waals surface area contributed by atoms with Crippen molar-refractivity contribution in [2.45, 2.75) is 26.4 Å². The molecule has 0 aliphatic carbocycles. The van der Waals surface area contributed by atoms with Gasteiger partial charge in [-0.1, -0.05) is 0 Å². The van der Waals surface area contributed by atoms with Crippen LogP contribution in [0.3, 0.4) is 0 Å². The van der Waals surface area contributed by atoms with Crippen LogP contribution in [0.1, 0.15) is 20.8 Å². The van der Waals surface area contributed by atoms with Gasteiger partial charge in [-0.2, -0.15) is 0 Å². The van der Waals surface area contributed by atoms with E-state index in [9.17, 15) is 4.79 Å². The van der Waals surface area contributed by atoms with Crippen LogP contribution in [0, 0.1) is 0 Å². The van der Waals surface area contributed by atoms with Crippen LogP contribution in [0.2, 0.25) is 0 Å². The Morgan fingerprint density at radius 1 is 1.25 bits per heavy atom. The molecule has 0 aromatic heterocycles. The van der Waals surface area contributed by atoms with Gasteiger partial charge in [0.1, 0.15) is 11.5 Å². The predicted octanol–water partition coefficient (Wildman–Crippen LogP) is 2.33. The minimum absolute atomic E-state index is 0.510. The summed E-state index contributed by atoms with van der Waals surface area (Å²) >= 11 is 0. The number of rotatable bonds is 5. The zero-order chi connectivity index (χ0) is 12.2. The summed E-state index contributed by atoms with van der Waals surface area (Å²) in [5.41, 5.74) is -1.23. The van der Waals surface area contributed by atoms with E-state index >= 15 is 0 Å². The molecule has 0 radical (unpaired) electrons. The molecule has 0 aliphatic rings. The molecule has 1 aromatic rings. The zero-order valence-electron chi connectivity index (χ0n) is 9.69. The van der Waals surface area contributed by atoms with E-state index < -0.39 is 11.6 Å². The number of carbonyl (C=O) groups is 1. The molecule has 0 bridgehead atoms. The van der Waals surface area contributed by atoms with Crippen LogP contribution in [-0.4, -0.2) is 23.3 Å². The van der Waals surface area contributed by atoms with Crippen LogP contribution in [-0.2, 0) is 4.79 Å². The van der Waals surface area contributed by atoms with Gasteiger partial charge in [-0.3, -0.25) is 0 Å². The predicted molar refractivity (Wildman–Crippen MR) is 60.0 cm³/mol. The molecule has 0 saturated heterocycles. The van der Waals surface area contributed by atoms with Gasteiger partial charge in [0.05, 0.1) is 6.61 Å². The highest BCUT2D eigenvalue weighted by molar-refractivity contribution is 5.76. The first-order valence-corrected chi connectivity index (χ1v) is 5.11. The maximum atomic E-state index is 10.8. The Bertz CT molecular complexity index is 354. The van der Waals surface area contributed by atoms with E-state index in [0.717, 1.165) is 5.75 Å². The fraction of sp³-hybridized carbons (Fsp3) is 0.417. The van der Waals surface area contributed by atoms with Crippen LogP contribution < -0.4 is 9.47 Å². The van der Waals surface area contributed by atoms with Gasteiger partial charge >= 0.3 is 5.97 Å². The van der Waals surface area contributed by atoms with Gasteiger partial charge in [0, 0.05) is 0 Å². The van der Waals surface area contributed by atoms with Gasteiger partial charge in [0.25, 0.3) is 0 Å². The molecule has 0 saturated carbocycles. The first kappa shape index (κ1) is 12.4. The second-order valence-electron chi connectivity index (χ2n) is 3.82. The molecule has 0 amide bonds. The van der Waals surface area contributed by atoms with E-state index in [2.05, 4.69) is 0 Å². The molecule has 0 heterocycles. The van der Waals surface area contributed by atoms with Crippen LogP contribution in [0.4, 0.5) is 0 Å². The van der Waals surface area contributed by atoms with E-state index in [-0.39, 0.29) is 0 Å². The monoisotopic (exact) mass is 224 g/mol. The molecule has 0 atom stereocenters. The smallest absolute Gasteiger partial charge is 0.347 e. The molecule has 0 aliphatic heterocycles. The highest BCUT2D eigenvalue weighted by Crippen LogP contribution is 2.21. The summed E-state index contributed by atoms with van der Waals surface area (Å²) < 4.78 is 10.6. The summed E-state index contributed by atoms with van der Waals surface area (Å²) in [6, 6.07) is 6.87. The lowest BCUT2D eigenvalue weighted by Gasteiger charge is -2.21. The lowest BCUT2D eigenvalue weighted by Crippen LogP contribution is -2.37. The van der Waals surface area contributed by atoms with Crippen molar-refractivity contribution in [1.29, 1.82) is 0 Å². The third-order valence-corrected chi connectivity index (χ3v) is 2.02. The summed E-state index contributed by atoms with van der Waals surface area (Å²) in [5, 5.41) is 8.89. The molecule has 1 N–H and O–H groups in total. The minimum atomic E-state index is -1.23. The Kier molecular flexibility index (Phi) is 3.77. The van der Waals surface area contributed by atoms with Gasteiger partial charge in [0.2, 0.25) is 0 Å². The summed E-state index contributed by atoms with van der Waals surface area (Å²) in [5.74, 6) is 0.250. The second-order valence-corrected chi connectivity index (χ2v) is 3.82. The summed E-state index contributed by atoms with van der Waals surface area (Å²) in [7, 11) is 0. The van der Waals surface area contributed by atoms with Crippen LogP contribution in [0.25, 0.3) is 0 Å². The summed E-state index contributed by atoms with van der Waals surface area (Å²) in [4.78, 5) is 10.8. The standard InChI is InChI=1S/C12H16O4/c1-4-15-9-5-7-10(8-6-9)16-12(2,3)11(13)14/h5-8H,4H2,1-3H3,(H,13,14). The van der Waals surface area contributed by atoms with Crippen molar-refractivity contribution in [2.75, 3.05) is 6.61 Å². The fourth-order valence-electron chi connectivity index (χ4n) is 1.11. The van der Waals surface area contributed by atoms with Gasteiger partial charge in [-0.15, -0.1) is 0 Å². The van der Waals surface area contributed by atoms with Crippen molar-refractivity contribution in [3.8, 4) is 11.5 Å². The number of ether oxygens (including phenoxy) is 2. The third-order valence-electron chi connectivity index (χ3n) is 2.02. The highest BCUT2D eigenvalue weighted by atomic mass is 16.5. The number of hydrogen-bond donors (Lipinski definition) is 1. The number of carboxylic acid groups (broad SMARTS) is 1. The van der Waals surface area contributed by atoms with Gasteiger partial charge < -0.3 is 14.6 Å². The summed E-state index contributed by atoms with van der Waals surface area (Å²) in [6.07, 6.45) is 0. The van der Waals surface area contributed by atoms with E-state index in [0.29, 0.717) is 12.4 Å². The first-order chi connectivity index (χ1) is 7.45. The molecule has 88 valence electrons. The van der Waals surface area contributed by atoms with Crippen molar-refractivity contribution < 1.29 is 19.4 Å². The molecule has 4 heteroatoms. The molecular weight excluding hydrogens is 208 g/mol. The van der Waals surface area contributed by atoms with Gasteiger partial charge in [-0.25, -0.2) is 4.79 Å². The van der Waals surface area contributed by atoms with E-state index in [1.807, 2.05) is 6.92 Å². The average Bonchev–Trinajstić information content (AvgIpc) is 2.21. The van der Waals surface area contributed by atoms with E-state index in [1.54, 1.807) is 24.3 Å². The van der Waals surface area contributed by atoms with Crippen molar-refractivity contribution in [1.82, 2.24) is 0 Å². The second kappa shape index (κ2) is 4.88. The Morgan fingerprint density at radius 3 is 2.19 bits per heavy atom. The number of carboxylic acids is 1. The normalized spacial score (nSPS) is 10.9. The zero-order valence-corrected chi connectivity index (χ0v) is 9.69. The minimum Gasteiger partial charge on any atom is -0.494 e. The first-order valence-electron chi connectivity index (χ1n) is 5.11. The molecule has 0 spiro atoms. The van der Waals surface area contributed by atoms with Crippen molar-refractivity contribution in [3.63, 3.8) is 0 Å². The van der Waals surface area contributed by atoms with Crippen LogP contribution in [0.5, 0.6) is 11.5 Å². The Morgan fingerprint density at radius 2 is 1.75 bits per heavy atom. The summed E-state index contributed by atoms with van der Waals surface area (Å²) in [6.45, 7) is 5.51. The molecule has 0 fully saturated rings. The van der Waals surface area contributed by atoms with Crippen molar-refractivity contribution in [2.24, 2.45) is 0 Å². The lowest BCUT2D eigenvalue weighted by molar-refractivity contribution is -0.152. The largest absolute Gasteiger partial charge is 0.494 e. The molecular formula is C12H16O4. The topological polar surface area (TPSA) is 55.8 Å². The van der Waals surface area contributed by atoms with Crippen LogP contribution in [0.15, 0.2) is 24.3 Å². The Hall–Kier alpha value is -1.71. The third kappa shape index (κ3) is 3.15. The van der Waals surface area contributed by atoms with Gasteiger partial charge in [0.15, 0.2) is 5.60 Å². The van der Waals surface area contributed by atoms with Crippen molar-refractivity contribution in [3.05, 3.63) is 24.3 Å². The Labute approximate surface area is 94.8 Å². The maximum absolute atomic E-state index is 10.8. The number of hydrogen-bond acceptors (Lipinski definition) is 3. The van der Waals surface area contributed by atoms with Crippen LogP contribution >= 0.6 is 0 Å². The lowest BCUT2D eigenvalue weighted by atomic mass is 10.1. The number of aliphatic carboxylic acids is 1. The molecule has 0 unspecified atom stereocenters. The average molecular weight is 224 g/mol. The Balaban J connectivity index is 2.72. The van der Waals surface area contributed by atoms with E-state index in [1.165, 1.54) is 13.8 Å². The van der Waals surface area contributed by atoms with Gasteiger partial charge in [-0.05, 0) is 45.0 Å². The number of benzene rings is 1. The molecule has 16 heavy (non-hydrogen) atoms. The van der Waals surface area contributed by atoms with E-state index in [4.69, 9.17) is 14.6 Å². The molecule has 1 aromatic carbocycles. The maximum Gasteiger partial charge on any atom is 0.347 e. The fourth-order valence-corrected chi connectivity index (χ4v) is 1.11. The highest BCUT2D eigenvalue weighted by Gasteiger charge is 2.29. The SMILES string of the molecule is CCOc1ccc(OC(C)(C)C(=O)O)cc1. The molecule has 1 rings (SSSR count). The quantitative estimate of drug-likeness (QED) is 0.834. The van der Waals surface area contributed by atoms with Crippen molar-refractivity contribution >= 4 is 5.97 Å².